The van der Waals surface area contributed by atoms with Gasteiger partial charge in [0.2, 0.25) is 5.91 Å². The molecule has 1 N–H and O–H groups in total. The van der Waals surface area contributed by atoms with E-state index in [1.165, 1.54) is 12.1 Å². The molecule has 3 nitrogen and oxygen atoms in total. The van der Waals surface area contributed by atoms with Gasteiger partial charge in [-0.15, -0.1) is 12.4 Å². The fraction of sp³-hybridized carbons (Fsp3) is 0.632. The monoisotopic (exact) mass is 372 g/mol. The summed E-state index contributed by atoms with van der Waals surface area (Å²) in [6.45, 7) is 4.44. The van der Waals surface area contributed by atoms with Gasteiger partial charge >= 0.3 is 0 Å². The molecule has 0 radical (unpaired) electrons. The fourth-order valence-electron chi connectivity index (χ4n) is 3.61. The van der Waals surface area contributed by atoms with Gasteiger partial charge in [0, 0.05) is 30.6 Å². The standard InChI is InChI=1S/C19H26F2N2O.ClH/c1-13(14-6-8-22-9-7-14)10-19(24)23(17-4-5-17)12-15-2-3-16(20)11-18(15)21;/h2-3,11,13-14,17,22H,4-10,12H2,1H3;1H. The van der Waals surface area contributed by atoms with Crippen LogP contribution in [-0.2, 0) is 11.3 Å². The molecule has 1 aliphatic carbocycles. The van der Waals surface area contributed by atoms with Crippen LogP contribution in [0.15, 0.2) is 18.2 Å². The third-order valence-electron chi connectivity index (χ3n) is 5.35. The predicted octanol–water partition coefficient (Wildman–Crippen LogP) is 3.90. The van der Waals surface area contributed by atoms with Crippen LogP contribution in [0.25, 0.3) is 0 Å². The summed E-state index contributed by atoms with van der Waals surface area (Å²) in [5.74, 6) is -0.120. The molecule has 1 saturated heterocycles. The third-order valence-corrected chi connectivity index (χ3v) is 5.35. The molecule has 0 spiro atoms. The maximum Gasteiger partial charge on any atom is 0.223 e. The summed E-state index contributed by atoms with van der Waals surface area (Å²) in [5, 5.41) is 3.35. The van der Waals surface area contributed by atoms with Crippen molar-refractivity contribution >= 4 is 18.3 Å². The van der Waals surface area contributed by atoms with Gasteiger partial charge in [-0.05, 0) is 56.7 Å². The molecule has 1 aliphatic heterocycles. The summed E-state index contributed by atoms with van der Waals surface area (Å²) in [6.07, 6.45) is 4.71. The molecule has 2 aliphatic rings. The quantitative estimate of drug-likeness (QED) is 0.821. The smallest absolute Gasteiger partial charge is 0.223 e. The van der Waals surface area contributed by atoms with Crippen molar-refractivity contribution in [3.05, 3.63) is 35.4 Å². The van der Waals surface area contributed by atoms with E-state index < -0.39 is 11.6 Å². The van der Waals surface area contributed by atoms with Crippen LogP contribution in [0.2, 0.25) is 0 Å². The van der Waals surface area contributed by atoms with Gasteiger partial charge in [0.15, 0.2) is 0 Å². The zero-order valence-electron chi connectivity index (χ0n) is 14.6. The van der Waals surface area contributed by atoms with Crippen LogP contribution in [0.4, 0.5) is 8.78 Å². The van der Waals surface area contributed by atoms with Crippen molar-refractivity contribution in [2.24, 2.45) is 11.8 Å². The number of carbonyl (C=O) groups is 1. The van der Waals surface area contributed by atoms with E-state index >= 15 is 0 Å². The Labute approximate surface area is 154 Å². The van der Waals surface area contributed by atoms with Gasteiger partial charge in [0.05, 0.1) is 0 Å². The highest BCUT2D eigenvalue weighted by molar-refractivity contribution is 5.85. The van der Waals surface area contributed by atoms with Gasteiger partial charge in [0.25, 0.3) is 0 Å². The zero-order valence-corrected chi connectivity index (χ0v) is 15.5. The number of benzene rings is 1. The first kappa shape index (κ1) is 20.1. The first-order chi connectivity index (χ1) is 11.5. The van der Waals surface area contributed by atoms with Crippen LogP contribution in [0.1, 0.15) is 44.6 Å². The molecule has 1 unspecified atom stereocenters. The topological polar surface area (TPSA) is 32.3 Å². The molecule has 25 heavy (non-hydrogen) atoms. The third kappa shape index (κ3) is 5.38. The Kier molecular flexibility index (Phi) is 7.20. The SMILES string of the molecule is CC(CC(=O)N(Cc1ccc(F)cc1F)C1CC1)C1CCNCC1.Cl. The van der Waals surface area contributed by atoms with E-state index in [-0.39, 0.29) is 30.9 Å². The van der Waals surface area contributed by atoms with E-state index in [2.05, 4.69) is 12.2 Å². The molecule has 3 rings (SSSR count). The summed E-state index contributed by atoms with van der Waals surface area (Å²) in [6, 6.07) is 3.82. The van der Waals surface area contributed by atoms with Crippen molar-refractivity contribution in [1.29, 1.82) is 0 Å². The second kappa shape index (κ2) is 8.95. The Bertz CT molecular complexity index is 589. The molecule has 0 aromatic heterocycles. The lowest BCUT2D eigenvalue weighted by atomic mass is 9.84. The number of hydrogen-bond donors (Lipinski definition) is 1. The lowest BCUT2D eigenvalue weighted by Gasteiger charge is -2.30. The number of piperidine rings is 1. The van der Waals surface area contributed by atoms with Crippen molar-refractivity contribution in [2.75, 3.05) is 13.1 Å². The highest BCUT2D eigenvalue weighted by atomic mass is 35.5. The van der Waals surface area contributed by atoms with E-state index in [4.69, 9.17) is 0 Å². The first-order valence-corrected chi connectivity index (χ1v) is 8.98. The van der Waals surface area contributed by atoms with Crippen molar-refractivity contribution in [1.82, 2.24) is 10.2 Å². The Hall–Kier alpha value is -1.20. The van der Waals surface area contributed by atoms with Gasteiger partial charge in [-0.2, -0.15) is 0 Å². The van der Waals surface area contributed by atoms with Crippen LogP contribution in [0.3, 0.4) is 0 Å². The molecule has 1 saturated carbocycles. The number of rotatable bonds is 6. The minimum atomic E-state index is -0.583. The maximum absolute atomic E-state index is 13.9. The molecule has 2 fully saturated rings. The molecular formula is C19H27ClF2N2O. The number of hydrogen-bond acceptors (Lipinski definition) is 2. The molecule has 1 atom stereocenters. The Morgan fingerprint density at radius 3 is 2.52 bits per heavy atom. The Morgan fingerprint density at radius 2 is 1.92 bits per heavy atom. The molecule has 6 heteroatoms. The summed E-state index contributed by atoms with van der Waals surface area (Å²) < 4.78 is 27.0. The van der Waals surface area contributed by atoms with Crippen LogP contribution >= 0.6 is 12.4 Å². The number of amides is 1. The number of carbonyl (C=O) groups excluding carboxylic acids is 1. The normalized spacial score (nSPS) is 19.2. The van der Waals surface area contributed by atoms with Crippen molar-refractivity contribution in [2.45, 2.75) is 51.6 Å². The van der Waals surface area contributed by atoms with Crippen molar-refractivity contribution < 1.29 is 13.6 Å². The summed E-state index contributed by atoms with van der Waals surface area (Å²) in [4.78, 5) is 14.6. The lowest BCUT2D eigenvalue weighted by molar-refractivity contribution is -0.133. The first-order valence-electron chi connectivity index (χ1n) is 8.98. The zero-order chi connectivity index (χ0) is 17.1. The second-order valence-corrected chi connectivity index (χ2v) is 7.26. The summed E-state index contributed by atoms with van der Waals surface area (Å²) in [5.41, 5.74) is 0.395. The highest BCUT2D eigenvalue weighted by Gasteiger charge is 2.34. The molecule has 1 heterocycles. The van der Waals surface area contributed by atoms with Crippen molar-refractivity contribution in [3.8, 4) is 0 Å². The number of nitrogens with zero attached hydrogens (tertiary/aromatic N) is 1. The van der Waals surface area contributed by atoms with Crippen LogP contribution in [-0.4, -0.2) is 29.9 Å². The fourth-order valence-corrected chi connectivity index (χ4v) is 3.61. The molecule has 140 valence electrons. The van der Waals surface area contributed by atoms with Gasteiger partial charge in [0.1, 0.15) is 11.6 Å². The van der Waals surface area contributed by atoms with E-state index in [9.17, 15) is 13.6 Å². The average Bonchev–Trinajstić information content (AvgIpc) is 3.39. The molecule has 0 bridgehead atoms. The predicted molar refractivity (Wildman–Crippen MR) is 96.6 cm³/mol. The molecule has 1 amide bonds. The van der Waals surface area contributed by atoms with Crippen LogP contribution < -0.4 is 5.32 Å². The van der Waals surface area contributed by atoms with Gasteiger partial charge in [-0.3, -0.25) is 4.79 Å². The average molecular weight is 373 g/mol. The minimum absolute atomic E-state index is 0. The number of nitrogens with one attached hydrogen (secondary N) is 1. The Morgan fingerprint density at radius 1 is 1.24 bits per heavy atom. The van der Waals surface area contributed by atoms with E-state index in [0.29, 0.717) is 23.8 Å². The van der Waals surface area contributed by atoms with E-state index in [1.807, 2.05) is 0 Å². The van der Waals surface area contributed by atoms with Crippen molar-refractivity contribution in [3.63, 3.8) is 0 Å². The summed E-state index contributed by atoms with van der Waals surface area (Å²) >= 11 is 0. The second-order valence-electron chi connectivity index (χ2n) is 7.26. The number of halogens is 3. The van der Waals surface area contributed by atoms with Gasteiger partial charge < -0.3 is 10.2 Å². The highest BCUT2D eigenvalue weighted by Crippen LogP contribution is 2.32. The van der Waals surface area contributed by atoms with Gasteiger partial charge in [-0.25, -0.2) is 8.78 Å². The van der Waals surface area contributed by atoms with Crippen LogP contribution in [0.5, 0.6) is 0 Å². The minimum Gasteiger partial charge on any atom is -0.335 e. The maximum atomic E-state index is 13.9. The molecular weight excluding hydrogens is 346 g/mol. The summed E-state index contributed by atoms with van der Waals surface area (Å²) in [7, 11) is 0. The van der Waals surface area contributed by atoms with E-state index in [1.54, 1.807) is 4.90 Å². The molecule has 1 aromatic rings. The largest absolute Gasteiger partial charge is 0.335 e. The van der Waals surface area contributed by atoms with Gasteiger partial charge in [-0.1, -0.05) is 13.0 Å². The Balaban J connectivity index is 0.00000225. The van der Waals surface area contributed by atoms with E-state index in [0.717, 1.165) is 44.8 Å². The van der Waals surface area contributed by atoms with Crippen LogP contribution in [0, 0.1) is 23.5 Å². The lowest BCUT2D eigenvalue weighted by Crippen LogP contribution is -2.36. The molecule has 1 aromatic carbocycles.